The molecule has 15 heavy (non-hydrogen) atoms. The number of rotatable bonds is 4. The highest BCUT2D eigenvalue weighted by molar-refractivity contribution is 7.80. The van der Waals surface area contributed by atoms with Crippen LogP contribution in [0.4, 0.5) is 5.82 Å². The topological polar surface area (TPSA) is 50.9 Å². The Labute approximate surface area is 95.1 Å². The van der Waals surface area contributed by atoms with E-state index in [1.807, 2.05) is 12.1 Å². The molecule has 0 amide bonds. The van der Waals surface area contributed by atoms with E-state index in [4.69, 9.17) is 18.0 Å². The van der Waals surface area contributed by atoms with Gasteiger partial charge in [-0.3, -0.25) is 0 Å². The van der Waals surface area contributed by atoms with Crippen molar-refractivity contribution in [1.29, 1.82) is 0 Å². The van der Waals surface area contributed by atoms with Gasteiger partial charge >= 0.3 is 0 Å². The first-order chi connectivity index (χ1) is 7.18. The van der Waals surface area contributed by atoms with E-state index in [-0.39, 0.29) is 0 Å². The summed E-state index contributed by atoms with van der Waals surface area (Å²) in [5, 5.41) is 3.31. The van der Waals surface area contributed by atoms with Crippen LogP contribution < -0.4 is 11.1 Å². The first kappa shape index (κ1) is 10.4. The molecule has 80 valence electrons. The summed E-state index contributed by atoms with van der Waals surface area (Å²) in [6.07, 6.45) is 3.06. The first-order valence-electron chi connectivity index (χ1n) is 5.17. The van der Waals surface area contributed by atoms with Gasteiger partial charge < -0.3 is 11.1 Å². The normalized spacial score (nSPS) is 23.5. The predicted octanol–water partition coefficient (Wildman–Crippen LogP) is 1.78. The maximum Gasteiger partial charge on any atom is 0.136 e. The molecule has 1 aliphatic rings. The Morgan fingerprint density at radius 2 is 2.47 bits per heavy atom. The molecule has 0 spiro atoms. The lowest BCUT2D eigenvalue weighted by Crippen LogP contribution is -2.15. The average Bonchev–Trinajstić information content (AvgIpc) is 2.92. The number of pyridine rings is 1. The summed E-state index contributed by atoms with van der Waals surface area (Å²) in [4.78, 5) is 4.64. The van der Waals surface area contributed by atoms with E-state index in [0.29, 0.717) is 4.99 Å². The van der Waals surface area contributed by atoms with Gasteiger partial charge in [0.15, 0.2) is 0 Å². The standard InChI is InChI=1S/C11H15N3S/c1-7-5-8(7)6-14-11-9(10(12)15)3-2-4-13-11/h2-4,7-8H,5-6H2,1H3,(H2,12,15)(H,13,14). The summed E-state index contributed by atoms with van der Waals surface area (Å²) in [5.74, 6) is 2.43. The molecule has 1 fully saturated rings. The monoisotopic (exact) mass is 221 g/mol. The lowest BCUT2D eigenvalue weighted by Gasteiger charge is -2.08. The zero-order valence-electron chi connectivity index (χ0n) is 8.73. The third-order valence-corrected chi connectivity index (χ3v) is 3.10. The number of hydrogen-bond acceptors (Lipinski definition) is 3. The van der Waals surface area contributed by atoms with Crippen LogP contribution in [0, 0.1) is 11.8 Å². The van der Waals surface area contributed by atoms with Gasteiger partial charge in [0, 0.05) is 12.7 Å². The number of anilines is 1. The van der Waals surface area contributed by atoms with Crippen molar-refractivity contribution in [1.82, 2.24) is 4.98 Å². The first-order valence-corrected chi connectivity index (χ1v) is 5.58. The van der Waals surface area contributed by atoms with Crippen LogP contribution in [0.15, 0.2) is 18.3 Å². The minimum atomic E-state index is 0.398. The average molecular weight is 221 g/mol. The summed E-state index contributed by atoms with van der Waals surface area (Å²) >= 11 is 4.97. The Balaban J connectivity index is 2.03. The van der Waals surface area contributed by atoms with Gasteiger partial charge in [0.05, 0.1) is 5.56 Å². The Morgan fingerprint density at radius 1 is 1.73 bits per heavy atom. The van der Waals surface area contributed by atoms with Crippen LogP contribution in [0.5, 0.6) is 0 Å². The number of nitrogens with two attached hydrogens (primary N) is 1. The summed E-state index contributed by atoms with van der Waals surface area (Å²) < 4.78 is 0. The van der Waals surface area contributed by atoms with Crippen molar-refractivity contribution in [2.75, 3.05) is 11.9 Å². The van der Waals surface area contributed by atoms with E-state index in [1.165, 1.54) is 6.42 Å². The lowest BCUT2D eigenvalue weighted by molar-refractivity contribution is 0.784. The van der Waals surface area contributed by atoms with Gasteiger partial charge in [-0.15, -0.1) is 0 Å². The summed E-state index contributed by atoms with van der Waals surface area (Å²) in [7, 11) is 0. The number of hydrogen-bond donors (Lipinski definition) is 2. The summed E-state index contributed by atoms with van der Waals surface area (Å²) in [6, 6.07) is 3.74. The molecule has 4 heteroatoms. The van der Waals surface area contributed by atoms with E-state index in [9.17, 15) is 0 Å². The van der Waals surface area contributed by atoms with Gasteiger partial charge in [0.1, 0.15) is 10.8 Å². The van der Waals surface area contributed by atoms with Crippen LogP contribution in [-0.4, -0.2) is 16.5 Å². The second-order valence-electron chi connectivity index (χ2n) is 4.12. The maximum absolute atomic E-state index is 5.62. The van der Waals surface area contributed by atoms with E-state index in [0.717, 1.165) is 29.8 Å². The van der Waals surface area contributed by atoms with Crippen molar-refractivity contribution in [3.05, 3.63) is 23.9 Å². The highest BCUT2D eigenvalue weighted by Gasteiger charge is 2.32. The highest BCUT2D eigenvalue weighted by atomic mass is 32.1. The van der Waals surface area contributed by atoms with Crippen LogP contribution in [0.3, 0.4) is 0 Å². The number of nitrogens with one attached hydrogen (secondary N) is 1. The molecule has 1 aliphatic carbocycles. The molecular weight excluding hydrogens is 206 g/mol. The molecule has 3 N–H and O–H groups in total. The minimum absolute atomic E-state index is 0.398. The zero-order chi connectivity index (χ0) is 10.8. The third kappa shape index (κ3) is 2.45. The van der Waals surface area contributed by atoms with Crippen LogP contribution in [0.2, 0.25) is 0 Å². The molecule has 1 heterocycles. The zero-order valence-corrected chi connectivity index (χ0v) is 9.55. The predicted molar refractivity (Wildman–Crippen MR) is 65.9 cm³/mol. The molecule has 0 aromatic carbocycles. The van der Waals surface area contributed by atoms with E-state index in [2.05, 4.69) is 17.2 Å². The number of aromatic nitrogens is 1. The molecule has 0 saturated heterocycles. The lowest BCUT2D eigenvalue weighted by atomic mass is 10.2. The van der Waals surface area contributed by atoms with Crippen LogP contribution >= 0.6 is 12.2 Å². The third-order valence-electron chi connectivity index (χ3n) is 2.88. The molecule has 2 unspecified atom stereocenters. The van der Waals surface area contributed by atoms with E-state index in [1.54, 1.807) is 6.20 Å². The molecule has 1 aromatic heterocycles. The Morgan fingerprint density at radius 3 is 3.07 bits per heavy atom. The largest absolute Gasteiger partial charge is 0.389 e. The van der Waals surface area contributed by atoms with Crippen molar-refractivity contribution < 1.29 is 0 Å². The Bertz CT molecular complexity index is 378. The second kappa shape index (κ2) is 4.14. The van der Waals surface area contributed by atoms with E-state index < -0.39 is 0 Å². The molecule has 0 bridgehead atoms. The molecule has 1 saturated carbocycles. The quantitative estimate of drug-likeness (QED) is 0.761. The fraction of sp³-hybridized carbons (Fsp3) is 0.455. The maximum atomic E-state index is 5.62. The van der Waals surface area contributed by atoms with Crippen molar-refractivity contribution >= 4 is 23.0 Å². The number of nitrogens with zero attached hydrogens (tertiary/aromatic N) is 1. The number of thiocarbonyl (C=S) groups is 1. The highest BCUT2D eigenvalue weighted by Crippen LogP contribution is 2.37. The SMILES string of the molecule is CC1CC1CNc1ncccc1C(N)=S. The molecule has 2 atom stereocenters. The Hall–Kier alpha value is -1.16. The molecule has 2 rings (SSSR count). The van der Waals surface area contributed by atoms with Gasteiger partial charge in [-0.05, 0) is 30.4 Å². The molecule has 1 aromatic rings. The molecule has 3 nitrogen and oxygen atoms in total. The van der Waals surface area contributed by atoms with Crippen LogP contribution in [0.1, 0.15) is 18.9 Å². The van der Waals surface area contributed by atoms with E-state index >= 15 is 0 Å². The Kier molecular flexibility index (Phi) is 2.86. The van der Waals surface area contributed by atoms with Crippen molar-refractivity contribution in [3.8, 4) is 0 Å². The molecular formula is C11H15N3S. The fourth-order valence-electron chi connectivity index (χ4n) is 1.66. The van der Waals surface area contributed by atoms with Crippen molar-refractivity contribution in [3.63, 3.8) is 0 Å². The smallest absolute Gasteiger partial charge is 0.136 e. The van der Waals surface area contributed by atoms with Gasteiger partial charge in [0.25, 0.3) is 0 Å². The van der Waals surface area contributed by atoms with Gasteiger partial charge in [-0.25, -0.2) is 4.98 Å². The summed E-state index contributed by atoms with van der Waals surface area (Å²) in [5.41, 5.74) is 6.45. The van der Waals surface area contributed by atoms with Gasteiger partial charge in [0.2, 0.25) is 0 Å². The summed E-state index contributed by atoms with van der Waals surface area (Å²) in [6.45, 7) is 3.23. The minimum Gasteiger partial charge on any atom is -0.389 e. The van der Waals surface area contributed by atoms with Gasteiger partial charge in [-0.2, -0.15) is 0 Å². The molecule has 0 aliphatic heterocycles. The van der Waals surface area contributed by atoms with Gasteiger partial charge in [-0.1, -0.05) is 19.1 Å². The van der Waals surface area contributed by atoms with Crippen LogP contribution in [0.25, 0.3) is 0 Å². The van der Waals surface area contributed by atoms with Crippen LogP contribution in [-0.2, 0) is 0 Å². The van der Waals surface area contributed by atoms with Crippen molar-refractivity contribution in [2.45, 2.75) is 13.3 Å². The second-order valence-corrected chi connectivity index (χ2v) is 4.56. The molecule has 0 radical (unpaired) electrons. The fourth-order valence-corrected chi connectivity index (χ4v) is 1.82. The van der Waals surface area contributed by atoms with Crippen molar-refractivity contribution in [2.24, 2.45) is 17.6 Å².